The molecule has 35 heavy (non-hydrogen) atoms. The summed E-state index contributed by atoms with van der Waals surface area (Å²) in [4.78, 5) is 0. The molecule has 0 amide bonds. The van der Waals surface area contributed by atoms with E-state index >= 15 is 4.39 Å². The molecule has 0 aromatic rings. The minimum atomic E-state index is -4.71. The fraction of sp³-hybridized carbons (Fsp3) is 0.793. The van der Waals surface area contributed by atoms with Gasteiger partial charge in [0, 0.05) is 5.92 Å². The standard InChI is InChI=1S/C29H46F4OSi/c1-7-10-20-11-13-22(14-12-20)23-15-17-24(18-16-23)28(30)26(29(31,32)33)21(8-2)19-25(35(4,5)6)27(28)34-9-3/h8,19-20,22-24,26H,2,7,9-18H2,1,3-6H3. The fourth-order valence-corrected chi connectivity index (χ4v) is 8.72. The molecule has 2 fully saturated rings. The number of rotatable bonds is 8. The van der Waals surface area contributed by atoms with Gasteiger partial charge >= 0.3 is 6.18 Å². The van der Waals surface area contributed by atoms with E-state index in [1.807, 2.05) is 19.6 Å². The van der Waals surface area contributed by atoms with Crippen LogP contribution in [-0.2, 0) is 4.74 Å². The molecule has 0 aromatic carbocycles. The Hall–Kier alpha value is -1.04. The van der Waals surface area contributed by atoms with Crippen LogP contribution < -0.4 is 0 Å². The molecule has 0 aliphatic heterocycles. The van der Waals surface area contributed by atoms with E-state index in [4.69, 9.17) is 4.74 Å². The van der Waals surface area contributed by atoms with Crippen LogP contribution in [0.4, 0.5) is 17.6 Å². The highest BCUT2D eigenvalue weighted by Gasteiger charge is 2.64. The predicted octanol–water partition coefficient (Wildman–Crippen LogP) is 9.58. The minimum Gasteiger partial charge on any atom is -0.495 e. The summed E-state index contributed by atoms with van der Waals surface area (Å²) in [6.45, 7) is 13.9. The van der Waals surface area contributed by atoms with Crippen LogP contribution in [0.2, 0.25) is 19.6 Å². The van der Waals surface area contributed by atoms with Gasteiger partial charge in [-0.3, -0.25) is 0 Å². The lowest BCUT2D eigenvalue weighted by molar-refractivity contribution is -0.209. The van der Waals surface area contributed by atoms with Crippen LogP contribution in [0.25, 0.3) is 0 Å². The highest BCUT2D eigenvalue weighted by atomic mass is 28.3. The zero-order valence-electron chi connectivity index (χ0n) is 22.4. The first-order valence-electron chi connectivity index (χ1n) is 13.8. The van der Waals surface area contributed by atoms with Crippen molar-refractivity contribution in [1.82, 2.24) is 0 Å². The molecule has 2 saturated carbocycles. The van der Waals surface area contributed by atoms with Crippen molar-refractivity contribution in [3.8, 4) is 0 Å². The molecule has 3 aliphatic rings. The van der Waals surface area contributed by atoms with E-state index in [-0.39, 0.29) is 17.9 Å². The van der Waals surface area contributed by atoms with Gasteiger partial charge < -0.3 is 4.74 Å². The first kappa shape index (κ1) is 28.5. The van der Waals surface area contributed by atoms with E-state index in [0.717, 1.165) is 18.8 Å². The van der Waals surface area contributed by atoms with Crippen molar-refractivity contribution in [2.45, 2.75) is 110 Å². The Labute approximate surface area is 211 Å². The molecular formula is C29H46F4OSi. The Kier molecular flexibility index (Phi) is 9.08. The molecular weight excluding hydrogens is 468 g/mol. The van der Waals surface area contributed by atoms with Crippen LogP contribution in [-0.4, -0.2) is 26.5 Å². The van der Waals surface area contributed by atoms with Crippen LogP contribution in [0.5, 0.6) is 0 Å². The second kappa shape index (κ2) is 11.1. The molecule has 2 atom stereocenters. The Morgan fingerprint density at radius 1 is 1.00 bits per heavy atom. The molecule has 200 valence electrons. The Bertz CT molecular complexity index is 792. The topological polar surface area (TPSA) is 9.23 Å². The lowest BCUT2D eigenvalue weighted by Crippen LogP contribution is -2.54. The van der Waals surface area contributed by atoms with Gasteiger partial charge in [0.1, 0.15) is 11.7 Å². The molecule has 0 radical (unpaired) electrons. The van der Waals surface area contributed by atoms with E-state index in [1.54, 1.807) is 13.0 Å². The zero-order chi connectivity index (χ0) is 26.0. The maximum absolute atomic E-state index is 17.4. The average Bonchev–Trinajstić information content (AvgIpc) is 2.79. The van der Waals surface area contributed by atoms with Gasteiger partial charge in [-0.05, 0) is 74.0 Å². The highest BCUT2D eigenvalue weighted by Crippen LogP contribution is 2.58. The zero-order valence-corrected chi connectivity index (χ0v) is 23.4. The lowest BCUT2D eigenvalue weighted by atomic mass is 9.62. The molecule has 0 spiro atoms. The first-order valence-corrected chi connectivity index (χ1v) is 17.3. The average molecular weight is 515 g/mol. The molecule has 0 N–H and O–H groups in total. The number of halogens is 4. The Morgan fingerprint density at radius 2 is 1.54 bits per heavy atom. The molecule has 0 aromatic heterocycles. The molecule has 2 unspecified atom stereocenters. The largest absolute Gasteiger partial charge is 0.495 e. The second-order valence-electron chi connectivity index (χ2n) is 12.2. The van der Waals surface area contributed by atoms with E-state index < -0.39 is 31.8 Å². The van der Waals surface area contributed by atoms with Gasteiger partial charge in [-0.15, -0.1) is 0 Å². The third-order valence-corrected chi connectivity index (χ3v) is 10.9. The van der Waals surface area contributed by atoms with Crippen LogP contribution in [0.1, 0.15) is 78.1 Å². The summed E-state index contributed by atoms with van der Waals surface area (Å²) in [5, 5.41) is 0.661. The van der Waals surface area contributed by atoms with Gasteiger partial charge in [0.05, 0.1) is 14.7 Å². The number of ether oxygens (including phenoxy) is 1. The van der Waals surface area contributed by atoms with E-state index in [1.165, 1.54) is 44.6 Å². The first-order chi connectivity index (χ1) is 16.4. The summed E-state index contributed by atoms with van der Waals surface area (Å²) in [5.74, 6) is -0.961. The van der Waals surface area contributed by atoms with Gasteiger partial charge in [0.25, 0.3) is 0 Å². The third-order valence-electron chi connectivity index (χ3n) is 8.94. The lowest BCUT2D eigenvalue weighted by Gasteiger charge is -2.49. The summed E-state index contributed by atoms with van der Waals surface area (Å²) < 4.78 is 66.9. The van der Waals surface area contributed by atoms with Gasteiger partial charge in [0.15, 0.2) is 5.67 Å². The molecule has 3 aliphatic carbocycles. The predicted molar refractivity (Wildman–Crippen MR) is 139 cm³/mol. The van der Waals surface area contributed by atoms with Crippen LogP contribution in [0.15, 0.2) is 35.3 Å². The van der Waals surface area contributed by atoms with Crippen LogP contribution in [0.3, 0.4) is 0 Å². The molecule has 6 heteroatoms. The Balaban J connectivity index is 1.90. The van der Waals surface area contributed by atoms with Gasteiger partial charge in [0.2, 0.25) is 0 Å². The summed E-state index contributed by atoms with van der Waals surface area (Å²) in [7, 11) is -2.19. The summed E-state index contributed by atoms with van der Waals surface area (Å²) in [6.07, 6.45) is 8.18. The van der Waals surface area contributed by atoms with Crippen LogP contribution in [0, 0.1) is 29.6 Å². The van der Waals surface area contributed by atoms with E-state index in [2.05, 4.69) is 13.5 Å². The third kappa shape index (κ3) is 5.93. The number of allylic oxidation sites excluding steroid dienone is 5. The normalized spacial score (nSPS) is 35.0. The Morgan fingerprint density at radius 3 is 1.97 bits per heavy atom. The molecule has 3 rings (SSSR count). The summed E-state index contributed by atoms with van der Waals surface area (Å²) >= 11 is 0. The fourth-order valence-electron chi connectivity index (χ4n) is 7.18. The van der Waals surface area contributed by atoms with Crippen molar-refractivity contribution in [3.05, 3.63) is 35.3 Å². The number of hydrogen-bond donors (Lipinski definition) is 0. The summed E-state index contributed by atoms with van der Waals surface area (Å²) in [6, 6.07) is 0. The van der Waals surface area contributed by atoms with Gasteiger partial charge in [-0.25, -0.2) is 4.39 Å². The number of alkyl halides is 4. The second-order valence-corrected chi connectivity index (χ2v) is 17.2. The monoisotopic (exact) mass is 514 g/mol. The smallest absolute Gasteiger partial charge is 0.399 e. The highest BCUT2D eigenvalue weighted by molar-refractivity contribution is 6.83. The van der Waals surface area contributed by atoms with Crippen molar-refractivity contribution in [3.63, 3.8) is 0 Å². The summed E-state index contributed by atoms with van der Waals surface area (Å²) in [5.41, 5.74) is -2.62. The molecule has 0 heterocycles. The van der Waals surface area contributed by atoms with Crippen molar-refractivity contribution in [2.24, 2.45) is 29.6 Å². The van der Waals surface area contributed by atoms with E-state index in [9.17, 15) is 13.2 Å². The van der Waals surface area contributed by atoms with Crippen molar-refractivity contribution in [1.29, 1.82) is 0 Å². The SMILES string of the molecule is C=CC1=CC([Si](C)(C)C)=C(OCC)C(F)(C2CCC(C3CCC(CCC)CC3)CC2)C1C(F)(F)F. The molecule has 1 nitrogen and oxygen atoms in total. The quantitative estimate of drug-likeness (QED) is 0.231. The van der Waals surface area contributed by atoms with Crippen molar-refractivity contribution in [2.75, 3.05) is 6.61 Å². The van der Waals surface area contributed by atoms with Gasteiger partial charge in [-0.2, -0.15) is 13.2 Å². The minimum absolute atomic E-state index is 0.0318. The maximum Gasteiger partial charge on any atom is 0.399 e. The maximum atomic E-state index is 17.4. The molecule has 0 bridgehead atoms. The van der Waals surface area contributed by atoms with Gasteiger partial charge in [-0.1, -0.05) is 71.0 Å². The number of hydrogen-bond acceptors (Lipinski definition) is 1. The molecule has 0 saturated heterocycles. The van der Waals surface area contributed by atoms with E-state index in [0.29, 0.717) is 29.9 Å². The van der Waals surface area contributed by atoms with Crippen molar-refractivity contribution >= 4 is 8.07 Å². The van der Waals surface area contributed by atoms with Crippen LogP contribution >= 0.6 is 0 Å². The van der Waals surface area contributed by atoms with Crippen molar-refractivity contribution < 1.29 is 22.3 Å².